The van der Waals surface area contributed by atoms with Gasteiger partial charge in [0.1, 0.15) is 22.2 Å². The van der Waals surface area contributed by atoms with E-state index in [0.29, 0.717) is 21.8 Å². The summed E-state index contributed by atoms with van der Waals surface area (Å²) in [5.74, 6) is -0.558. The molecule has 134 valence electrons. The van der Waals surface area contributed by atoms with Crippen LogP contribution in [0, 0.1) is 5.82 Å². The van der Waals surface area contributed by atoms with Crippen molar-refractivity contribution in [3.63, 3.8) is 0 Å². The van der Waals surface area contributed by atoms with Gasteiger partial charge >= 0.3 is 11.6 Å². The van der Waals surface area contributed by atoms with E-state index in [0.717, 1.165) is 5.39 Å². The van der Waals surface area contributed by atoms with Gasteiger partial charge in [0.05, 0.1) is 12.1 Å². The molecule has 7 heteroatoms. The first-order valence-corrected chi connectivity index (χ1v) is 8.90. The van der Waals surface area contributed by atoms with Crippen LogP contribution < -0.4 is 10.4 Å². The molecule has 4 aromatic rings. The molecule has 0 fully saturated rings. The van der Waals surface area contributed by atoms with E-state index in [1.54, 1.807) is 35.7 Å². The van der Waals surface area contributed by atoms with Crippen LogP contribution in [0.5, 0.6) is 5.75 Å². The Morgan fingerprint density at radius 2 is 2.00 bits per heavy atom. The van der Waals surface area contributed by atoms with Gasteiger partial charge in [0, 0.05) is 28.5 Å². The van der Waals surface area contributed by atoms with Crippen molar-refractivity contribution in [2.24, 2.45) is 0 Å². The highest BCUT2D eigenvalue weighted by Crippen LogP contribution is 2.25. The highest BCUT2D eigenvalue weighted by Gasteiger charge is 2.12. The Balaban J connectivity index is 1.47. The molecule has 0 bridgehead atoms. The van der Waals surface area contributed by atoms with E-state index in [1.165, 1.54) is 35.6 Å². The average molecular weight is 381 g/mol. The highest BCUT2D eigenvalue weighted by molar-refractivity contribution is 7.13. The number of carbonyl (C=O) groups excluding carboxylic acids is 1. The van der Waals surface area contributed by atoms with Gasteiger partial charge < -0.3 is 9.15 Å². The minimum Gasteiger partial charge on any atom is -0.426 e. The van der Waals surface area contributed by atoms with Crippen LogP contribution in [0.15, 0.2) is 69.2 Å². The van der Waals surface area contributed by atoms with Gasteiger partial charge in [-0.2, -0.15) is 0 Å². The van der Waals surface area contributed by atoms with Crippen LogP contribution in [-0.4, -0.2) is 11.0 Å². The van der Waals surface area contributed by atoms with Crippen LogP contribution in [0.4, 0.5) is 4.39 Å². The van der Waals surface area contributed by atoms with Gasteiger partial charge in [-0.25, -0.2) is 14.2 Å². The summed E-state index contributed by atoms with van der Waals surface area (Å²) in [4.78, 5) is 27.8. The largest absolute Gasteiger partial charge is 0.426 e. The predicted octanol–water partition coefficient (Wildman–Crippen LogP) is 4.20. The molecule has 0 spiro atoms. The molecular formula is C20H12FNO4S. The van der Waals surface area contributed by atoms with E-state index >= 15 is 0 Å². The van der Waals surface area contributed by atoms with E-state index in [2.05, 4.69) is 4.98 Å². The number of nitrogens with zero attached hydrogens (tertiary/aromatic N) is 1. The Kier molecular flexibility index (Phi) is 4.52. The summed E-state index contributed by atoms with van der Waals surface area (Å²) in [7, 11) is 0. The van der Waals surface area contributed by atoms with Crippen molar-refractivity contribution in [2.75, 3.05) is 0 Å². The van der Waals surface area contributed by atoms with Crippen LogP contribution in [0.25, 0.3) is 21.5 Å². The number of rotatable bonds is 4. The third-order valence-electron chi connectivity index (χ3n) is 3.78. The molecule has 4 rings (SSSR count). The Morgan fingerprint density at radius 1 is 1.15 bits per heavy atom. The van der Waals surface area contributed by atoms with Crippen LogP contribution in [0.3, 0.4) is 0 Å². The third kappa shape index (κ3) is 3.93. The maximum Gasteiger partial charge on any atom is 0.336 e. The smallest absolute Gasteiger partial charge is 0.336 e. The molecule has 2 heterocycles. The molecule has 2 aromatic carbocycles. The van der Waals surface area contributed by atoms with E-state index in [4.69, 9.17) is 9.15 Å². The van der Waals surface area contributed by atoms with Crippen molar-refractivity contribution in [1.82, 2.24) is 4.98 Å². The number of fused-ring (bicyclic) bond motifs is 1. The number of carbonyl (C=O) groups is 1. The first-order valence-electron chi connectivity index (χ1n) is 8.02. The van der Waals surface area contributed by atoms with Gasteiger partial charge in [-0.15, -0.1) is 11.3 Å². The number of halogens is 1. The van der Waals surface area contributed by atoms with Gasteiger partial charge in [-0.05, 0) is 30.3 Å². The Morgan fingerprint density at radius 3 is 2.85 bits per heavy atom. The molecule has 2 aromatic heterocycles. The lowest BCUT2D eigenvalue weighted by molar-refractivity contribution is -0.133. The minimum atomic E-state index is -0.497. The monoisotopic (exact) mass is 381 g/mol. The predicted molar refractivity (Wildman–Crippen MR) is 99.3 cm³/mol. The van der Waals surface area contributed by atoms with Gasteiger partial charge in [-0.3, -0.25) is 4.79 Å². The summed E-state index contributed by atoms with van der Waals surface area (Å²) in [6, 6.07) is 13.9. The summed E-state index contributed by atoms with van der Waals surface area (Å²) in [6.45, 7) is 0. The summed E-state index contributed by atoms with van der Waals surface area (Å²) in [5, 5.41) is 3.10. The Bertz CT molecular complexity index is 1200. The lowest BCUT2D eigenvalue weighted by Gasteiger charge is -2.04. The number of aromatic nitrogens is 1. The molecule has 0 saturated carbocycles. The van der Waals surface area contributed by atoms with Crippen molar-refractivity contribution in [1.29, 1.82) is 0 Å². The zero-order chi connectivity index (χ0) is 18.8. The summed E-state index contributed by atoms with van der Waals surface area (Å²) in [6.07, 6.45) is -0.0252. The Labute approximate surface area is 156 Å². The molecule has 5 nitrogen and oxygen atoms in total. The number of hydrogen-bond acceptors (Lipinski definition) is 6. The molecule has 0 amide bonds. The van der Waals surface area contributed by atoms with Crippen molar-refractivity contribution in [2.45, 2.75) is 6.42 Å². The fourth-order valence-electron chi connectivity index (χ4n) is 2.56. The second-order valence-electron chi connectivity index (χ2n) is 5.76. The molecule has 0 saturated heterocycles. The molecule has 0 aliphatic rings. The molecule has 0 aliphatic carbocycles. The lowest BCUT2D eigenvalue weighted by atomic mass is 10.2. The molecule has 0 N–H and O–H groups in total. The summed E-state index contributed by atoms with van der Waals surface area (Å²) < 4.78 is 23.7. The first kappa shape index (κ1) is 17.1. The van der Waals surface area contributed by atoms with E-state index in [-0.39, 0.29) is 18.0 Å². The van der Waals surface area contributed by atoms with Crippen LogP contribution in [0.1, 0.15) is 5.69 Å². The number of benzene rings is 2. The maximum absolute atomic E-state index is 13.3. The van der Waals surface area contributed by atoms with Gasteiger partial charge in [0.15, 0.2) is 0 Å². The number of thiazole rings is 1. The topological polar surface area (TPSA) is 69.4 Å². The average Bonchev–Trinajstić information content (AvgIpc) is 3.09. The quantitative estimate of drug-likeness (QED) is 0.301. The van der Waals surface area contributed by atoms with Crippen LogP contribution in [-0.2, 0) is 11.2 Å². The SMILES string of the molecule is O=C(Cc1csc(-c2cccc(F)c2)n1)Oc1ccc2ccc(=O)oc2c1. The molecule has 0 unspecified atom stereocenters. The summed E-state index contributed by atoms with van der Waals surface area (Å²) >= 11 is 1.33. The molecular weight excluding hydrogens is 369 g/mol. The zero-order valence-electron chi connectivity index (χ0n) is 13.8. The Hall–Kier alpha value is -3.32. The number of esters is 1. The number of ether oxygens (including phenoxy) is 1. The van der Waals surface area contributed by atoms with E-state index < -0.39 is 11.6 Å². The van der Waals surface area contributed by atoms with Crippen molar-refractivity contribution in [3.8, 4) is 16.3 Å². The second-order valence-corrected chi connectivity index (χ2v) is 6.62. The van der Waals surface area contributed by atoms with Crippen LogP contribution >= 0.6 is 11.3 Å². The van der Waals surface area contributed by atoms with Gasteiger partial charge in [0.25, 0.3) is 0 Å². The van der Waals surface area contributed by atoms with Crippen molar-refractivity contribution < 1.29 is 18.3 Å². The number of hydrogen-bond donors (Lipinski definition) is 0. The van der Waals surface area contributed by atoms with Crippen molar-refractivity contribution in [3.05, 3.63) is 81.9 Å². The molecule has 27 heavy (non-hydrogen) atoms. The minimum absolute atomic E-state index is 0.0252. The van der Waals surface area contributed by atoms with E-state index in [1.807, 2.05) is 0 Å². The third-order valence-corrected chi connectivity index (χ3v) is 4.72. The maximum atomic E-state index is 13.3. The fourth-order valence-corrected chi connectivity index (χ4v) is 3.38. The fraction of sp³-hybridized carbons (Fsp3) is 0.0500. The standard InChI is InChI=1S/C20H12FNO4S/c21-14-3-1-2-13(8-14)20-22-15(11-27-20)9-19(24)25-16-6-4-12-5-7-18(23)26-17(12)10-16/h1-8,10-11H,9H2. The lowest BCUT2D eigenvalue weighted by Crippen LogP contribution is -2.11. The molecule has 0 radical (unpaired) electrons. The van der Waals surface area contributed by atoms with Crippen molar-refractivity contribution >= 4 is 28.3 Å². The van der Waals surface area contributed by atoms with E-state index in [9.17, 15) is 14.0 Å². The normalized spacial score (nSPS) is 10.9. The second kappa shape index (κ2) is 7.13. The molecule has 0 atom stereocenters. The van der Waals surface area contributed by atoms with Gasteiger partial charge in [0.2, 0.25) is 0 Å². The molecule has 0 aliphatic heterocycles. The first-order chi connectivity index (χ1) is 13.1. The van der Waals surface area contributed by atoms with Gasteiger partial charge in [-0.1, -0.05) is 12.1 Å². The van der Waals surface area contributed by atoms with Crippen LogP contribution in [0.2, 0.25) is 0 Å². The highest BCUT2D eigenvalue weighted by atomic mass is 32.1. The summed E-state index contributed by atoms with van der Waals surface area (Å²) in [5.41, 5.74) is 1.06. The zero-order valence-corrected chi connectivity index (χ0v) is 14.7.